The predicted octanol–water partition coefficient (Wildman–Crippen LogP) is 0.407. The second-order valence-corrected chi connectivity index (χ2v) is 4.47. The number of nitrogens with two attached hydrogens (primary N) is 1. The fraction of sp³-hybridized carbons (Fsp3) is 0.545. The number of aromatic amines is 1. The van der Waals surface area contributed by atoms with Crippen molar-refractivity contribution in [2.45, 2.75) is 31.7 Å². The average molecular weight is 252 g/mol. The van der Waals surface area contributed by atoms with Gasteiger partial charge in [-0.15, -0.1) is 0 Å². The number of carbonyl (C=O) groups is 1. The zero-order valence-electron chi connectivity index (χ0n) is 9.85. The molecule has 0 aromatic carbocycles. The molecule has 1 fully saturated rings. The zero-order valence-corrected chi connectivity index (χ0v) is 9.85. The number of hydrogen-bond donors (Lipinski definition) is 4. The first-order chi connectivity index (χ1) is 8.59. The molecule has 7 heteroatoms. The quantitative estimate of drug-likeness (QED) is 0.618. The molecule has 0 amide bonds. The average Bonchev–Trinajstić information content (AvgIpc) is 2.35. The van der Waals surface area contributed by atoms with Crippen molar-refractivity contribution in [3.8, 4) is 0 Å². The Labute approximate surface area is 103 Å². The van der Waals surface area contributed by atoms with E-state index in [1.165, 1.54) is 6.33 Å². The minimum Gasteiger partial charge on any atom is -0.481 e. The van der Waals surface area contributed by atoms with Gasteiger partial charge >= 0.3 is 5.97 Å². The molecule has 0 spiro atoms. The van der Waals surface area contributed by atoms with Crippen LogP contribution in [0.25, 0.3) is 0 Å². The molecule has 0 bridgehead atoms. The van der Waals surface area contributed by atoms with Crippen molar-refractivity contribution < 1.29 is 9.90 Å². The van der Waals surface area contributed by atoms with Crippen molar-refractivity contribution in [1.29, 1.82) is 0 Å². The van der Waals surface area contributed by atoms with Crippen LogP contribution in [0.4, 0.5) is 11.5 Å². The van der Waals surface area contributed by atoms with Crippen LogP contribution in [-0.4, -0.2) is 27.1 Å². The van der Waals surface area contributed by atoms with Gasteiger partial charge < -0.3 is 21.1 Å². The van der Waals surface area contributed by atoms with Crippen LogP contribution in [0.5, 0.6) is 0 Å². The second-order valence-electron chi connectivity index (χ2n) is 4.47. The topological polar surface area (TPSA) is 121 Å². The number of aromatic nitrogens is 2. The summed E-state index contributed by atoms with van der Waals surface area (Å²) in [6.45, 7) is 0. The Morgan fingerprint density at radius 3 is 2.94 bits per heavy atom. The Balaban J connectivity index is 2.18. The molecular weight excluding hydrogens is 236 g/mol. The van der Waals surface area contributed by atoms with E-state index in [1.54, 1.807) is 0 Å². The van der Waals surface area contributed by atoms with Gasteiger partial charge in [-0.2, -0.15) is 0 Å². The summed E-state index contributed by atoms with van der Waals surface area (Å²) in [5, 5.41) is 12.1. The molecule has 2 unspecified atom stereocenters. The van der Waals surface area contributed by atoms with E-state index in [0.29, 0.717) is 6.42 Å². The number of nitrogens with one attached hydrogen (secondary N) is 2. The molecule has 98 valence electrons. The summed E-state index contributed by atoms with van der Waals surface area (Å²) in [4.78, 5) is 28.8. The number of H-pyrrole nitrogens is 1. The molecule has 7 nitrogen and oxygen atoms in total. The number of nitrogens with zero attached hydrogens (tertiary/aromatic N) is 1. The SMILES string of the molecule is Nc1c(NC2CCCCC2C(=O)O)nc[nH]c1=O. The van der Waals surface area contributed by atoms with Crippen LogP contribution < -0.4 is 16.6 Å². The third kappa shape index (κ3) is 2.44. The fourth-order valence-electron chi connectivity index (χ4n) is 2.30. The number of hydrogen-bond acceptors (Lipinski definition) is 5. The third-order valence-electron chi connectivity index (χ3n) is 3.29. The molecule has 0 saturated heterocycles. The first kappa shape index (κ1) is 12.4. The van der Waals surface area contributed by atoms with Crippen LogP contribution >= 0.6 is 0 Å². The van der Waals surface area contributed by atoms with Gasteiger partial charge in [-0.3, -0.25) is 9.59 Å². The molecule has 1 saturated carbocycles. The van der Waals surface area contributed by atoms with E-state index in [1.807, 2.05) is 0 Å². The summed E-state index contributed by atoms with van der Waals surface area (Å²) in [5.74, 6) is -1.02. The largest absolute Gasteiger partial charge is 0.481 e. The number of anilines is 2. The molecule has 18 heavy (non-hydrogen) atoms. The standard InChI is InChI=1S/C11H16N4O3/c12-8-9(13-5-14-10(8)16)15-7-4-2-1-3-6(7)11(17)18/h5-7H,1-4,12H2,(H,17,18)(H2,13,14,15,16). The molecule has 1 aromatic rings. The summed E-state index contributed by atoms with van der Waals surface area (Å²) in [6, 6.07) is -0.229. The highest BCUT2D eigenvalue weighted by molar-refractivity contribution is 5.72. The minimum absolute atomic E-state index is 0.00721. The Morgan fingerprint density at radius 2 is 2.22 bits per heavy atom. The van der Waals surface area contributed by atoms with Gasteiger partial charge in [0, 0.05) is 6.04 Å². The summed E-state index contributed by atoms with van der Waals surface area (Å²) in [6.07, 6.45) is 4.50. The van der Waals surface area contributed by atoms with Crippen LogP contribution in [0, 0.1) is 5.92 Å². The van der Waals surface area contributed by atoms with E-state index in [9.17, 15) is 9.59 Å². The molecular formula is C11H16N4O3. The van der Waals surface area contributed by atoms with Crippen molar-refractivity contribution >= 4 is 17.5 Å². The van der Waals surface area contributed by atoms with Crippen molar-refractivity contribution in [3.05, 3.63) is 16.7 Å². The van der Waals surface area contributed by atoms with Gasteiger partial charge in [-0.25, -0.2) is 4.98 Å². The lowest BCUT2D eigenvalue weighted by molar-refractivity contribution is -0.143. The van der Waals surface area contributed by atoms with Gasteiger partial charge in [0.1, 0.15) is 5.69 Å². The predicted molar refractivity (Wildman–Crippen MR) is 66.3 cm³/mol. The van der Waals surface area contributed by atoms with Crippen LogP contribution in [0.2, 0.25) is 0 Å². The zero-order chi connectivity index (χ0) is 13.1. The van der Waals surface area contributed by atoms with Gasteiger partial charge in [-0.1, -0.05) is 12.8 Å². The first-order valence-corrected chi connectivity index (χ1v) is 5.92. The highest BCUT2D eigenvalue weighted by atomic mass is 16.4. The van der Waals surface area contributed by atoms with Gasteiger partial charge in [-0.05, 0) is 12.8 Å². The van der Waals surface area contributed by atoms with Crippen molar-refractivity contribution in [2.24, 2.45) is 5.92 Å². The van der Waals surface area contributed by atoms with Crippen LogP contribution in [0.3, 0.4) is 0 Å². The van der Waals surface area contributed by atoms with E-state index in [4.69, 9.17) is 10.8 Å². The maximum Gasteiger partial charge on any atom is 0.308 e. The van der Waals surface area contributed by atoms with E-state index in [0.717, 1.165) is 19.3 Å². The normalized spacial score (nSPS) is 23.6. The number of carboxylic acids is 1. The Bertz CT molecular complexity index is 499. The summed E-state index contributed by atoms with van der Waals surface area (Å²) >= 11 is 0. The third-order valence-corrected chi connectivity index (χ3v) is 3.29. The molecule has 1 heterocycles. The van der Waals surface area contributed by atoms with Crippen LogP contribution in [0.15, 0.2) is 11.1 Å². The fourth-order valence-corrected chi connectivity index (χ4v) is 2.30. The summed E-state index contributed by atoms with van der Waals surface area (Å²) in [7, 11) is 0. The molecule has 2 rings (SSSR count). The lowest BCUT2D eigenvalue weighted by Crippen LogP contribution is -2.38. The maximum absolute atomic E-state index is 11.3. The monoisotopic (exact) mass is 252 g/mol. The summed E-state index contributed by atoms with van der Waals surface area (Å²) < 4.78 is 0. The summed E-state index contributed by atoms with van der Waals surface area (Å²) in [5.41, 5.74) is 5.18. The lowest BCUT2D eigenvalue weighted by atomic mass is 9.84. The van der Waals surface area contributed by atoms with Crippen LogP contribution in [-0.2, 0) is 4.79 Å². The molecule has 5 N–H and O–H groups in total. The molecule has 0 aliphatic heterocycles. The molecule has 0 radical (unpaired) electrons. The first-order valence-electron chi connectivity index (χ1n) is 5.92. The van der Waals surface area contributed by atoms with E-state index < -0.39 is 17.4 Å². The maximum atomic E-state index is 11.3. The molecule has 1 aliphatic carbocycles. The molecule has 2 atom stereocenters. The van der Waals surface area contributed by atoms with Gasteiger partial charge in [0.15, 0.2) is 5.82 Å². The van der Waals surface area contributed by atoms with E-state index in [2.05, 4.69) is 15.3 Å². The Hall–Kier alpha value is -2.05. The van der Waals surface area contributed by atoms with Crippen molar-refractivity contribution in [2.75, 3.05) is 11.1 Å². The number of aliphatic carboxylic acids is 1. The Kier molecular flexibility index (Phi) is 3.50. The molecule has 1 aromatic heterocycles. The Morgan fingerprint density at radius 1 is 1.50 bits per heavy atom. The highest BCUT2D eigenvalue weighted by Gasteiger charge is 2.31. The minimum atomic E-state index is -0.824. The number of nitrogen functional groups attached to an aromatic ring is 1. The second kappa shape index (κ2) is 5.07. The van der Waals surface area contributed by atoms with Gasteiger partial charge in [0.05, 0.1) is 12.2 Å². The van der Waals surface area contributed by atoms with Gasteiger partial charge in [0.25, 0.3) is 5.56 Å². The van der Waals surface area contributed by atoms with Crippen LogP contribution in [0.1, 0.15) is 25.7 Å². The number of carboxylic acid groups (broad SMARTS) is 1. The van der Waals surface area contributed by atoms with E-state index in [-0.39, 0.29) is 17.5 Å². The molecule has 1 aliphatic rings. The highest BCUT2D eigenvalue weighted by Crippen LogP contribution is 2.27. The van der Waals surface area contributed by atoms with E-state index >= 15 is 0 Å². The number of rotatable bonds is 3. The lowest BCUT2D eigenvalue weighted by Gasteiger charge is -2.29. The smallest absolute Gasteiger partial charge is 0.308 e. The van der Waals surface area contributed by atoms with Gasteiger partial charge in [0.2, 0.25) is 0 Å². The van der Waals surface area contributed by atoms with Crippen molar-refractivity contribution in [3.63, 3.8) is 0 Å². The van der Waals surface area contributed by atoms with Crippen molar-refractivity contribution in [1.82, 2.24) is 9.97 Å².